The van der Waals surface area contributed by atoms with Crippen molar-refractivity contribution in [1.29, 1.82) is 0 Å². The van der Waals surface area contributed by atoms with E-state index in [9.17, 15) is 5.11 Å². The molecule has 0 saturated carbocycles. The second-order valence-electron chi connectivity index (χ2n) is 2.62. The molecule has 11 heavy (non-hydrogen) atoms. The number of fused-ring (bicyclic) bond motifs is 1. The van der Waals surface area contributed by atoms with Crippen LogP contribution in [0.4, 0.5) is 5.69 Å². The average Bonchev–Trinajstić information content (AvgIpc) is 2.33. The van der Waals surface area contributed by atoms with Gasteiger partial charge in [-0.15, -0.1) is 0 Å². The first kappa shape index (κ1) is 7.21. The summed E-state index contributed by atoms with van der Waals surface area (Å²) in [6.45, 7) is 0.972. The monoisotopic (exact) mass is 261 g/mol. The zero-order valence-electron chi connectivity index (χ0n) is 5.84. The van der Waals surface area contributed by atoms with Crippen LogP contribution in [0.15, 0.2) is 18.2 Å². The van der Waals surface area contributed by atoms with Crippen molar-refractivity contribution in [2.45, 2.75) is 3.92 Å². The molecule has 0 saturated heterocycles. The highest BCUT2D eigenvalue weighted by Gasteiger charge is 2.18. The standard InChI is InChI=1S/C8H8INO/c9-7-4-10-8-2-1-5(11)3-6(7)8/h1-3,7,10-11H,4H2. The molecule has 1 aliphatic heterocycles. The molecule has 0 aliphatic carbocycles. The molecule has 3 heteroatoms. The van der Waals surface area contributed by atoms with Crippen molar-refractivity contribution in [2.75, 3.05) is 11.9 Å². The van der Waals surface area contributed by atoms with Gasteiger partial charge >= 0.3 is 0 Å². The molecule has 58 valence electrons. The van der Waals surface area contributed by atoms with Gasteiger partial charge in [-0.05, 0) is 23.8 Å². The first-order chi connectivity index (χ1) is 5.27. The molecular weight excluding hydrogens is 253 g/mol. The fraction of sp³-hybridized carbons (Fsp3) is 0.250. The van der Waals surface area contributed by atoms with Crippen LogP contribution in [0.25, 0.3) is 0 Å². The van der Waals surface area contributed by atoms with Gasteiger partial charge in [0.2, 0.25) is 0 Å². The fourth-order valence-electron chi connectivity index (χ4n) is 1.28. The number of hydrogen-bond acceptors (Lipinski definition) is 2. The van der Waals surface area contributed by atoms with Crippen LogP contribution in [0.1, 0.15) is 9.49 Å². The molecular formula is C8H8INO. The summed E-state index contributed by atoms with van der Waals surface area (Å²) in [6.07, 6.45) is 0. The summed E-state index contributed by atoms with van der Waals surface area (Å²) in [5, 5.41) is 12.4. The number of halogens is 1. The molecule has 1 atom stereocenters. The third kappa shape index (κ3) is 1.17. The van der Waals surface area contributed by atoms with Gasteiger partial charge in [-0.25, -0.2) is 0 Å². The summed E-state index contributed by atoms with van der Waals surface area (Å²) in [6, 6.07) is 5.45. The second-order valence-corrected chi connectivity index (χ2v) is 4.12. The maximum absolute atomic E-state index is 9.18. The third-order valence-corrected chi connectivity index (χ3v) is 2.96. The first-order valence-corrected chi connectivity index (χ1v) is 4.73. The Labute approximate surface area is 78.8 Å². The van der Waals surface area contributed by atoms with Crippen LogP contribution >= 0.6 is 22.6 Å². The molecule has 0 spiro atoms. The number of phenols is 1. The van der Waals surface area contributed by atoms with E-state index in [1.807, 2.05) is 12.1 Å². The van der Waals surface area contributed by atoms with Crippen molar-refractivity contribution >= 4 is 28.3 Å². The van der Waals surface area contributed by atoms with Crippen LogP contribution in [0.5, 0.6) is 5.75 Å². The summed E-state index contributed by atoms with van der Waals surface area (Å²) in [7, 11) is 0. The lowest BCUT2D eigenvalue weighted by molar-refractivity contribution is 0.475. The average molecular weight is 261 g/mol. The number of benzene rings is 1. The Morgan fingerprint density at radius 3 is 3.18 bits per heavy atom. The van der Waals surface area contributed by atoms with Crippen molar-refractivity contribution in [2.24, 2.45) is 0 Å². The third-order valence-electron chi connectivity index (χ3n) is 1.84. The first-order valence-electron chi connectivity index (χ1n) is 3.48. The highest BCUT2D eigenvalue weighted by atomic mass is 127. The lowest BCUT2D eigenvalue weighted by atomic mass is 10.1. The van der Waals surface area contributed by atoms with Crippen molar-refractivity contribution in [3.05, 3.63) is 23.8 Å². The number of aromatic hydroxyl groups is 1. The molecule has 0 aromatic heterocycles. The molecule has 1 unspecified atom stereocenters. The van der Waals surface area contributed by atoms with E-state index in [2.05, 4.69) is 27.9 Å². The molecule has 0 bridgehead atoms. The van der Waals surface area contributed by atoms with E-state index in [1.54, 1.807) is 6.07 Å². The molecule has 1 heterocycles. The Morgan fingerprint density at radius 1 is 1.55 bits per heavy atom. The van der Waals surface area contributed by atoms with Crippen molar-refractivity contribution in [3.8, 4) is 5.75 Å². The van der Waals surface area contributed by atoms with E-state index in [4.69, 9.17) is 0 Å². The lowest BCUT2D eigenvalue weighted by Crippen LogP contribution is -1.93. The van der Waals surface area contributed by atoms with E-state index in [0.29, 0.717) is 9.67 Å². The van der Waals surface area contributed by atoms with Gasteiger partial charge in [0.15, 0.2) is 0 Å². The molecule has 0 fully saturated rings. The van der Waals surface area contributed by atoms with Gasteiger partial charge in [0.1, 0.15) is 5.75 Å². The summed E-state index contributed by atoms with van der Waals surface area (Å²) < 4.78 is 0.495. The minimum absolute atomic E-state index is 0.356. The summed E-state index contributed by atoms with van der Waals surface area (Å²) in [5.74, 6) is 0.356. The lowest BCUT2D eigenvalue weighted by Gasteiger charge is -2.00. The number of anilines is 1. The van der Waals surface area contributed by atoms with Gasteiger partial charge in [-0.1, -0.05) is 22.6 Å². The number of phenolic OH excluding ortho intramolecular Hbond substituents is 1. The highest BCUT2D eigenvalue weighted by molar-refractivity contribution is 14.1. The van der Waals surface area contributed by atoms with Gasteiger partial charge in [-0.3, -0.25) is 0 Å². The Bertz CT molecular complexity index is 287. The Balaban J connectivity index is 2.52. The Morgan fingerprint density at radius 2 is 2.36 bits per heavy atom. The zero-order valence-corrected chi connectivity index (χ0v) is 8.00. The maximum atomic E-state index is 9.18. The van der Waals surface area contributed by atoms with E-state index < -0.39 is 0 Å². The van der Waals surface area contributed by atoms with Crippen LogP contribution in [-0.2, 0) is 0 Å². The molecule has 0 amide bonds. The van der Waals surface area contributed by atoms with Gasteiger partial charge in [-0.2, -0.15) is 0 Å². The maximum Gasteiger partial charge on any atom is 0.116 e. The predicted molar refractivity (Wildman–Crippen MR) is 53.4 cm³/mol. The summed E-state index contributed by atoms with van der Waals surface area (Å²) in [5.41, 5.74) is 2.37. The Hall–Kier alpha value is -0.450. The van der Waals surface area contributed by atoms with Crippen LogP contribution in [0, 0.1) is 0 Å². The molecule has 2 N–H and O–H groups in total. The van der Waals surface area contributed by atoms with Crippen molar-refractivity contribution < 1.29 is 5.11 Å². The van der Waals surface area contributed by atoms with E-state index >= 15 is 0 Å². The molecule has 0 radical (unpaired) electrons. The minimum atomic E-state index is 0.356. The van der Waals surface area contributed by atoms with E-state index in [1.165, 1.54) is 5.56 Å². The zero-order chi connectivity index (χ0) is 7.84. The SMILES string of the molecule is Oc1ccc2c(c1)C(I)CN2. The number of nitrogens with one attached hydrogen (secondary N) is 1. The van der Waals surface area contributed by atoms with Crippen LogP contribution in [0.3, 0.4) is 0 Å². The van der Waals surface area contributed by atoms with Crippen LogP contribution in [0.2, 0.25) is 0 Å². The quantitative estimate of drug-likeness (QED) is 0.426. The predicted octanol–water partition coefficient (Wildman–Crippen LogP) is 2.29. The van der Waals surface area contributed by atoms with Gasteiger partial charge in [0.05, 0.1) is 3.92 Å². The fourth-order valence-corrected chi connectivity index (χ4v) is 2.02. The van der Waals surface area contributed by atoms with Crippen molar-refractivity contribution in [3.63, 3.8) is 0 Å². The highest BCUT2D eigenvalue weighted by Crippen LogP contribution is 2.37. The van der Waals surface area contributed by atoms with Crippen LogP contribution < -0.4 is 5.32 Å². The molecule has 1 aliphatic rings. The normalized spacial score (nSPS) is 21.0. The molecule has 1 aromatic rings. The summed E-state index contributed by atoms with van der Waals surface area (Å²) >= 11 is 2.37. The molecule has 2 nitrogen and oxygen atoms in total. The molecule has 2 rings (SSSR count). The van der Waals surface area contributed by atoms with E-state index in [-0.39, 0.29) is 0 Å². The summed E-state index contributed by atoms with van der Waals surface area (Å²) in [4.78, 5) is 0. The Kier molecular flexibility index (Phi) is 1.67. The van der Waals surface area contributed by atoms with Gasteiger partial charge in [0.25, 0.3) is 0 Å². The van der Waals surface area contributed by atoms with Crippen molar-refractivity contribution in [1.82, 2.24) is 0 Å². The number of rotatable bonds is 0. The van der Waals surface area contributed by atoms with Gasteiger partial charge in [0, 0.05) is 12.2 Å². The van der Waals surface area contributed by atoms with Gasteiger partial charge < -0.3 is 10.4 Å². The number of hydrogen-bond donors (Lipinski definition) is 2. The largest absolute Gasteiger partial charge is 0.508 e. The van der Waals surface area contributed by atoms with E-state index in [0.717, 1.165) is 12.2 Å². The minimum Gasteiger partial charge on any atom is -0.508 e. The number of alkyl halides is 1. The smallest absolute Gasteiger partial charge is 0.116 e. The second kappa shape index (κ2) is 2.55. The topological polar surface area (TPSA) is 32.3 Å². The molecule has 1 aromatic carbocycles. The van der Waals surface area contributed by atoms with Crippen LogP contribution in [-0.4, -0.2) is 11.7 Å².